The number of methoxy groups -OCH3 is 2. The maximum atomic E-state index is 10.6. The van der Waals surface area contributed by atoms with Gasteiger partial charge in [-0.3, -0.25) is 0 Å². The summed E-state index contributed by atoms with van der Waals surface area (Å²) in [5, 5.41) is 13.1. The van der Waals surface area contributed by atoms with Gasteiger partial charge in [0.05, 0.1) is 20.3 Å². The van der Waals surface area contributed by atoms with Gasteiger partial charge in [0.1, 0.15) is 11.5 Å². The number of ether oxygens (including phenoxy) is 2. The van der Waals surface area contributed by atoms with Gasteiger partial charge in [-0.25, -0.2) is 0 Å². The average molecular weight is 328 g/mol. The first kappa shape index (κ1) is 16.1. The van der Waals surface area contributed by atoms with E-state index in [2.05, 4.69) is 0 Å². The van der Waals surface area contributed by atoms with Crippen molar-refractivity contribution in [2.75, 3.05) is 20.8 Å². The molecule has 2 rings (SSSR count). The van der Waals surface area contributed by atoms with Crippen molar-refractivity contribution in [2.45, 2.75) is 12.0 Å². The van der Waals surface area contributed by atoms with Crippen LogP contribution in [0.25, 0.3) is 0 Å². The molecule has 1 aromatic carbocycles. The molecule has 2 atom stereocenters. The normalized spacial score (nSPS) is 13.8. The molecule has 0 aliphatic carbocycles. The number of benzene rings is 1. The molecule has 0 radical (unpaired) electrons. The van der Waals surface area contributed by atoms with Crippen molar-refractivity contribution in [2.24, 2.45) is 5.73 Å². The number of nitrogens with two attached hydrogens (primary N) is 1. The molecule has 0 saturated heterocycles. The maximum absolute atomic E-state index is 10.6. The van der Waals surface area contributed by atoms with Gasteiger partial charge < -0.3 is 20.3 Å². The molecule has 0 amide bonds. The Morgan fingerprint density at radius 1 is 1.29 bits per heavy atom. The van der Waals surface area contributed by atoms with Crippen molar-refractivity contribution < 1.29 is 14.6 Å². The number of aliphatic hydroxyl groups is 1. The minimum Gasteiger partial charge on any atom is -0.496 e. The Kier molecular flexibility index (Phi) is 5.47. The van der Waals surface area contributed by atoms with Crippen LogP contribution in [0.5, 0.6) is 11.5 Å². The highest BCUT2D eigenvalue weighted by molar-refractivity contribution is 7.10. The predicted octanol–water partition coefficient (Wildman–Crippen LogP) is 3.19. The van der Waals surface area contributed by atoms with Crippen molar-refractivity contribution >= 4 is 22.9 Å². The number of hydrogen-bond acceptors (Lipinski definition) is 5. The van der Waals surface area contributed by atoms with Gasteiger partial charge in [0.25, 0.3) is 0 Å². The van der Waals surface area contributed by atoms with Gasteiger partial charge in [-0.2, -0.15) is 0 Å². The van der Waals surface area contributed by atoms with Crippen LogP contribution in [0.15, 0.2) is 29.6 Å². The van der Waals surface area contributed by atoms with Gasteiger partial charge in [-0.15, -0.1) is 11.3 Å². The van der Waals surface area contributed by atoms with E-state index in [9.17, 15) is 5.11 Å². The van der Waals surface area contributed by atoms with Gasteiger partial charge in [0.15, 0.2) is 0 Å². The number of rotatable bonds is 6. The predicted molar refractivity (Wildman–Crippen MR) is 85.6 cm³/mol. The molecule has 3 N–H and O–H groups in total. The lowest BCUT2D eigenvalue weighted by molar-refractivity contribution is 0.149. The Bertz CT molecular complexity index is 602. The molecular formula is C15H18ClNO3S. The van der Waals surface area contributed by atoms with Crippen LogP contribution < -0.4 is 15.2 Å². The SMILES string of the molecule is COc1csc(C(O)C(CN)c2cc(Cl)ccc2OC)c1. The molecule has 0 spiro atoms. The monoisotopic (exact) mass is 327 g/mol. The summed E-state index contributed by atoms with van der Waals surface area (Å²) in [6.45, 7) is 0.276. The summed E-state index contributed by atoms with van der Waals surface area (Å²) in [7, 11) is 3.18. The van der Waals surface area contributed by atoms with Crippen molar-refractivity contribution in [3.63, 3.8) is 0 Å². The second-order valence-corrected chi connectivity index (χ2v) is 5.94. The summed E-state index contributed by atoms with van der Waals surface area (Å²) in [5.74, 6) is 1.09. The Labute approximate surface area is 133 Å². The average Bonchev–Trinajstić information content (AvgIpc) is 2.97. The fourth-order valence-electron chi connectivity index (χ4n) is 2.22. The number of hydrogen-bond donors (Lipinski definition) is 2. The molecule has 114 valence electrons. The highest BCUT2D eigenvalue weighted by Crippen LogP contribution is 2.39. The van der Waals surface area contributed by atoms with Crippen LogP contribution in [0, 0.1) is 0 Å². The van der Waals surface area contributed by atoms with Crippen molar-refractivity contribution in [1.29, 1.82) is 0 Å². The largest absolute Gasteiger partial charge is 0.496 e. The molecular weight excluding hydrogens is 310 g/mol. The first-order valence-electron chi connectivity index (χ1n) is 6.44. The van der Waals surface area contributed by atoms with E-state index in [0.29, 0.717) is 10.8 Å². The van der Waals surface area contributed by atoms with Gasteiger partial charge >= 0.3 is 0 Å². The van der Waals surface area contributed by atoms with Gasteiger partial charge in [-0.1, -0.05) is 11.6 Å². The third-order valence-corrected chi connectivity index (χ3v) is 4.57. The molecule has 0 fully saturated rings. The zero-order chi connectivity index (χ0) is 15.4. The second-order valence-electron chi connectivity index (χ2n) is 4.56. The van der Waals surface area contributed by atoms with Gasteiger partial charge in [0.2, 0.25) is 0 Å². The molecule has 0 bridgehead atoms. The molecule has 0 saturated carbocycles. The molecule has 1 aromatic heterocycles. The standard InChI is InChI=1S/C15H18ClNO3S/c1-19-10-6-14(21-8-10)15(18)12(7-17)11-5-9(16)3-4-13(11)20-2/h3-6,8,12,15,18H,7,17H2,1-2H3. The summed E-state index contributed by atoms with van der Waals surface area (Å²) < 4.78 is 10.5. The fraction of sp³-hybridized carbons (Fsp3) is 0.333. The summed E-state index contributed by atoms with van der Waals surface area (Å²) in [4.78, 5) is 0.796. The molecule has 6 heteroatoms. The Morgan fingerprint density at radius 2 is 2.05 bits per heavy atom. The van der Waals surface area contributed by atoms with E-state index < -0.39 is 6.10 Å². The Balaban J connectivity index is 2.36. The van der Waals surface area contributed by atoms with E-state index in [-0.39, 0.29) is 12.5 Å². The Hall–Kier alpha value is -1.27. The van der Waals surface area contributed by atoms with Gasteiger partial charge in [-0.05, 0) is 24.3 Å². The number of thiophene rings is 1. The minimum atomic E-state index is -0.740. The van der Waals surface area contributed by atoms with Crippen LogP contribution in [0.1, 0.15) is 22.5 Å². The molecule has 0 aliphatic heterocycles. The third-order valence-electron chi connectivity index (χ3n) is 3.35. The van der Waals surface area contributed by atoms with Gasteiger partial charge in [0, 0.05) is 33.3 Å². The van der Waals surface area contributed by atoms with E-state index in [0.717, 1.165) is 16.2 Å². The summed E-state index contributed by atoms with van der Waals surface area (Å²) >= 11 is 7.49. The summed E-state index contributed by atoms with van der Waals surface area (Å²) in [6.07, 6.45) is -0.740. The Morgan fingerprint density at radius 3 is 2.62 bits per heavy atom. The van der Waals surface area contributed by atoms with Crippen LogP contribution in [0.4, 0.5) is 0 Å². The topological polar surface area (TPSA) is 64.7 Å². The molecule has 21 heavy (non-hydrogen) atoms. The van der Waals surface area contributed by atoms with E-state index in [4.69, 9.17) is 26.8 Å². The highest BCUT2D eigenvalue weighted by atomic mass is 35.5. The first-order chi connectivity index (χ1) is 10.1. The fourth-order valence-corrected chi connectivity index (χ4v) is 3.30. The lowest BCUT2D eigenvalue weighted by atomic mass is 9.91. The summed E-state index contributed by atoms with van der Waals surface area (Å²) in [5.41, 5.74) is 6.67. The quantitative estimate of drug-likeness (QED) is 0.855. The zero-order valence-electron chi connectivity index (χ0n) is 11.9. The van der Waals surface area contributed by atoms with Crippen molar-refractivity contribution in [3.8, 4) is 11.5 Å². The molecule has 0 aliphatic rings. The number of aliphatic hydroxyl groups excluding tert-OH is 1. The van der Waals surface area contributed by atoms with Crippen molar-refractivity contribution in [1.82, 2.24) is 0 Å². The van der Waals surface area contributed by atoms with Crippen LogP contribution in [-0.2, 0) is 0 Å². The molecule has 2 unspecified atom stereocenters. The number of halogens is 1. The third kappa shape index (κ3) is 3.49. The molecule has 1 heterocycles. The second kappa shape index (κ2) is 7.13. The van der Waals surface area contributed by atoms with Crippen LogP contribution in [0.2, 0.25) is 5.02 Å². The van der Waals surface area contributed by atoms with E-state index in [1.165, 1.54) is 11.3 Å². The van der Waals surface area contributed by atoms with E-state index in [1.807, 2.05) is 11.4 Å². The summed E-state index contributed by atoms with van der Waals surface area (Å²) in [6, 6.07) is 7.13. The van der Waals surface area contributed by atoms with E-state index >= 15 is 0 Å². The maximum Gasteiger partial charge on any atom is 0.129 e. The molecule has 4 nitrogen and oxygen atoms in total. The highest BCUT2D eigenvalue weighted by Gasteiger charge is 2.26. The lowest BCUT2D eigenvalue weighted by Gasteiger charge is -2.23. The smallest absolute Gasteiger partial charge is 0.129 e. The zero-order valence-corrected chi connectivity index (χ0v) is 13.4. The lowest BCUT2D eigenvalue weighted by Crippen LogP contribution is -2.20. The van der Waals surface area contributed by atoms with Crippen LogP contribution in [-0.4, -0.2) is 25.9 Å². The van der Waals surface area contributed by atoms with Crippen molar-refractivity contribution in [3.05, 3.63) is 45.1 Å². The van der Waals surface area contributed by atoms with Crippen LogP contribution in [0.3, 0.4) is 0 Å². The molecule has 2 aromatic rings. The van der Waals surface area contributed by atoms with E-state index in [1.54, 1.807) is 32.4 Å². The minimum absolute atomic E-state index is 0.276. The van der Waals surface area contributed by atoms with Crippen LogP contribution >= 0.6 is 22.9 Å². The first-order valence-corrected chi connectivity index (χ1v) is 7.70.